The van der Waals surface area contributed by atoms with E-state index in [0.29, 0.717) is 12.8 Å². The van der Waals surface area contributed by atoms with E-state index in [0.717, 1.165) is 78.2 Å². The Morgan fingerprint density at radius 3 is 2.19 bits per heavy atom. The van der Waals surface area contributed by atoms with Crippen molar-refractivity contribution in [1.82, 2.24) is 20.3 Å². The summed E-state index contributed by atoms with van der Waals surface area (Å²) in [4.78, 5) is 48.9. The van der Waals surface area contributed by atoms with E-state index < -0.39 is 23.3 Å². The molecule has 8 bridgehead atoms. The van der Waals surface area contributed by atoms with Crippen LogP contribution >= 0.6 is 0 Å². The Morgan fingerprint density at radius 2 is 1.54 bits per heavy atom. The maximum absolute atomic E-state index is 13.5. The molecule has 0 radical (unpaired) electrons. The number of hydrogen-bond donors (Lipinski definition) is 5. The molecule has 48 heavy (non-hydrogen) atoms. The van der Waals surface area contributed by atoms with Gasteiger partial charge in [0, 0.05) is 73.8 Å². The molecule has 5 N–H and O–H groups in total. The molecule has 0 amide bonds. The third-order valence-electron chi connectivity index (χ3n) is 10.8. The molecule has 0 spiro atoms. The zero-order valence-electron chi connectivity index (χ0n) is 28.4. The van der Waals surface area contributed by atoms with Crippen molar-refractivity contribution in [1.29, 1.82) is 0 Å². The molecule has 3 atom stereocenters. The summed E-state index contributed by atoms with van der Waals surface area (Å²) >= 11 is 0. The largest absolute Gasteiger partial charge is 0.478 e. The average molecular weight is 651 g/mol. The van der Waals surface area contributed by atoms with Gasteiger partial charge in [-0.25, -0.2) is 4.79 Å². The van der Waals surface area contributed by atoms with Gasteiger partial charge < -0.3 is 34.8 Å². The van der Waals surface area contributed by atoms with Crippen LogP contribution in [0, 0.1) is 44.9 Å². The Bertz CT molecular complexity index is 2120. The zero-order chi connectivity index (χ0) is 34.7. The fourth-order valence-electron chi connectivity index (χ4n) is 7.72. The minimum Gasteiger partial charge on any atom is -0.478 e. The maximum atomic E-state index is 13.5. The normalized spacial score (nSPS) is 21.0. The molecule has 3 unspecified atom stereocenters. The molecule has 5 heterocycles. The van der Waals surface area contributed by atoms with Crippen molar-refractivity contribution in [3.05, 3.63) is 96.5 Å². The summed E-state index contributed by atoms with van der Waals surface area (Å²) in [5, 5.41) is 15.6. The van der Waals surface area contributed by atoms with Gasteiger partial charge in [-0.2, -0.15) is 0 Å². The monoisotopic (exact) mass is 650 g/mol. The van der Waals surface area contributed by atoms with E-state index in [2.05, 4.69) is 52.0 Å². The molecule has 0 saturated carbocycles. The predicted octanol–water partition coefficient (Wildman–Crippen LogP) is 4.44. The Morgan fingerprint density at radius 1 is 0.896 bits per heavy atom. The lowest BCUT2D eigenvalue weighted by Gasteiger charge is -2.40. The smallest absolute Gasteiger partial charge is 0.332 e. The second-order valence-electron chi connectivity index (χ2n) is 13.1. The predicted molar refractivity (Wildman–Crippen MR) is 185 cm³/mol. The SMILES string of the molecule is C=Cc1c2[nH]c(c1C)C=C1NC(=Cc3[nH]c(c(C)c3C)C=c3[nH]c(c(C)c3CCC(=O)OC)=C2)C2(C)C1CC=C(C(=O)O)C2C(=O)OC. The van der Waals surface area contributed by atoms with Crippen LogP contribution in [0.4, 0.5) is 0 Å². The second-order valence-corrected chi connectivity index (χ2v) is 13.1. The minimum absolute atomic E-state index is 0.0351. The molecule has 250 valence electrons. The first-order valence-corrected chi connectivity index (χ1v) is 16.1. The number of allylic oxidation sites excluding steroid dienone is 3. The van der Waals surface area contributed by atoms with E-state index in [-0.39, 0.29) is 23.9 Å². The average Bonchev–Trinajstić information content (AvgIpc) is 3.70. The van der Waals surface area contributed by atoms with Crippen LogP contribution in [-0.4, -0.2) is 52.2 Å². The van der Waals surface area contributed by atoms with Gasteiger partial charge in [0.2, 0.25) is 0 Å². The topological polar surface area (TPSA) is 149 Å². The van der Waals surface area contributed by atoms with Gasteiger partial charge >= 0.3 is 17.9 Å². The number of carboxylic acid groups (broad SMARTS) is 1. The van der Waals surface area contributed by atoms with Gasteiger partial charge in [-0.15, -0.1) is 0 Å². The molecule has 10 nitrogen and oxygen atoms in total. The number of aromatic amines is 3. The molecule has 0 aromatic carbocycles. The number of H-pyrrole nitrogens is 3. The van der Waals surface area contributed by atoms with Crippen LogP contribution in [0.15, 0.2) is 29.6 Å². The van der Waals surface area contributed by atoms with Gasteiger partial charge in [0.05, 0.1) is 14.2 Å². The van der Waals surface area contributed by atoms with E-state index in [1.165, 1.54) is 14.2 Å². The van der Waals surface area contributed by atoms with Gasteiger partial charge in [-0.3, -0.25) is 9.59 Å². The number of nitrogens with one attached hydrogen (secondary N) is 4. The summed E-state index contributed by atoms with van der Waals surface area (Å²) in [5.41, 5.74) is 10.2. The standard InChI is InChI=1S/C38H42N4O6/c1-9-22-20(4)28-16-32-25-12-10-24(36(44)45)35(37(46)48-8)38(25,6)33(42-32)17-29-19(3)18(2)26(39-29)14-31-23(11-13-34(43)47-7)21(5)27(41-31)15-30(22)40-28/h9-10,14-17,25,35,39-42H,1,11-13H2,2-8H3,(H,44,45). The second kappa shape index (κ2) is 12.1. The van der Waals surface area contributed by atoms with Crippen molar-refractivity contribution in [2.24, 2.45) is 17.3 Å². The van der Waals surface area contributed by atoms with Crippen LogP contribution in [0.25, 0.3) is 30.4 Å². The molecular weight excluding hydrogens is 608 g/mol. The number of carboxylic acids is 1. The summed E-state index contributed by atoms with van der Waals surface area (Å²) in [6, 6.07) is 0. The van der Waals surface area contributed by atoms with Crippen LogP contribution in [-0.2, 0) is 30.3 Å². The molecule has 1 fully saturated rings. The highest BCUT2D eigenvalue weighted by molar-refractivity contribution is 5.96. The number of methoxy groups -OCH3 is 2. The Balaban J connectivity index is 1.68. The van der Waals surface area contributed by atoms with E-state index in [4.69, 9.17) is 9.47 Å². The van der Waals surface area contributed by atoms with E-state index >= 15 is 0 Å². The fraction of sp³-hybridized carbons (Fsp3) is 0.342. The lowest BCUT2D eigenvalue weighted by atomic mass is 9.60. The van der Waals surface area contributed by atoms with Crippen molar-refractivity contribution < 1.29 is 29.0 Å². The van der Waals surface area contributed by atoms with E-state index in [1.807, 2.05) is 39.8 Å². The van der Waals surface area contributed by atoms with Crippen LogP contribution in [0.5, 0.6) is 0 Å². The molecule has 1 saturated heterocycles. The summed E-state index contributed by atoms with van der Waals surface area (Å²) in [7, 11) is 2.69. The molecule has 2 aliphatic heterocycles. The van der Waals surface area contributed by atoms with Crippen LogP contribution in [0.1, 0.15) is 75.9 Å². The van der Waals surface area contributed by atoms with E-state index in [9.17, 15) is 19.5 Å². The first-order valence-electron chi connectivity index (χ1n) is 16.1. The summed E-state index contributed by atoms with van der Waals surface area (Å²) in [6.07, 6.45) is 12.8. The molecule has 1 aliphatic carbocycles. The number of carbonyl (C=O) groups is 3. The number of hydrogen-bond acceptors (Lipinski definition) is 6. The highest BCUT2D eigenvalue weighted by atomic mass is 16.5. The summed E-state index contributed by atoms with van der Waals surface area (Å²) < 4.78 is 10.2. The number of carbonyl (C=O) groups excluding carboxylic acids is 2. The highest BCUT2D eigenvalue weighted by Crippen LogP contribution is 2.57. The summed E-state index contributed by atoms with van der Waals surface area (Å²) in [5.74, 6) is -3.28. The highest BCUT2D eigenvalue weighted by Gasteiger charge is 2.58. The van der Waals surface area contributed by atoms with Crippen molar-refractivity contribution >= 4 is 48.3 Å². The fourth-order valence-corrected chi connectivity index (χ4v) is 7.72. The van der Waals surface area contributed by atoms with Crippen molar-refractivity contribution in [2.45, 2.75) is 53.9 Å². The summed E-state index contributed by atoms with van der Waals surface area (Å²) in [6.45, 7) is 14.2. The van der Waals surface area contributed by atoms with Crippen LogP contribution in [0.2, 0.25) is 0 Å². The van der Waals surface area contributed by atoms with Crippen molar-refractivity contribution in [2.75, 3.05) is 14.2 Å². The number of aromatic nitrogens is 3. The minimum atomic E-state index is -1.14. The van der Waals surface area contributed by atoms with Crippen LogP contribution < -0.4 is 16.0 Å². The number of esters is 2. The first kappa shape index (κ1) is 32.7. The lowest BCUT2D eigenvalue weighted by Crippen LogP contribution is -2.44. The Hall–Kier alpha value is -5.25. The van der Waals surface area contributed by atoms with Gasteiger partial charge in [-0.05, 0) is 92.7 Å². The number of fused-ring (bicyclic) bond motifs is 11. The number of ether oxygens (including phenoxy) is 2. The first-order chi connectivity index (χ1) is 22.8. The Kier molecular flexibility index (Phi) is 8.23. The third kappa shape index (κ3) is 5.06. The quantitative estimate of drug-likeness (QED) is 0.248. The van der Waals surface area contributed by atoms with Gasteiger partial charge in [0.25, 0.3) is 0 Å². The number of rotatable bonds is 6. The molecular formula is C38H42N4O6. The lowest BCUT2D eigenvalue weighted by molar-refractivity contribution is -0.151. The van der Waals surface area contributed by atoms with Gasteiger partial charge in [0.15, 0.2) is 0 Å². The van der Waals surface area contributed by atoms with Gasteiger partial charge in [-0.1, -0.05) is 25.7 Å². The van der Waals surface area contributed by atoms with Crippen LogP contribution in [0.3, 0.4) is 0 Å². The molecule has 3 aliphatic rings. The zero-order valence-corrected chi connectivity index (χ0v) is 28.4. The van der Waals surface area contributed by atoms with Crippen molar-refractivity contribution in [3.8, 4) is 0 Å². The molecule has 6 rings (SSSR count). The number of aliphatic carboxylic acids is 1. The van der Waals surface area contributed by atoms with E-state index in [1.54, 1.807) is 6.08 Å². The third-order valence-corrected chi connectivity index (χ3v) is 10.8. The van der Waals surface area contributed by atoms with Gasteiger partial charge in [0.1, 0.15) is 5.92 Å². The molecule has 3 aromatic heterocycles. The molecule has 10 heteroatoms. The Labute approximate surface area is 279 Å². The van der Waals surface area contributed by atoms with Crippen molar-refractivity contribution in [3.63, 3.8) is 0 Å². The maximum Gasteiger partial charge on any atom is 0.332 e. The molecule has 3 aromatic rings.